The van der Waals surface area contributed by atoms with E-state index >= 15 is 0 Å². The van der Waals surface area contributed by atoms with Gasteiger partial charge in [-0.1, -0.05) is 24.3 Å². The molecule has 2 heterocycles. The Bertz CT molecular complexity index is 695. The van der Waals surface area contributed by atoms with E-state index in [-0.39, 0.29) is 11.8 Å². The van der Waals surface area contributed by atoms with Crippen LogP contribution < -0.4 is 0 Å². The Balaban J connectivity index is 1.61. The highest BCUT2D eigenvalue weighted by atomic mass is 16.3. The lowest BCUT2D eigenvalue weighted by Gasteiger charge is -2.16. The molecular weight excluding hydrogens is 290 g/mol. The van der Waals surface area contributed by atoms with Gasteiger partial charge in [0.25, 0.3) is 0 Å². The number of carbonyl (C=O) groups excluding carboxylic acids is 1. The van der Waals surface area contributed by atoms with Crippen molar-refractivity contribution in [3.63, 3.8) is 0 Å². The Morgan fingerprint density at radius 1 is 1.35 bits per heavy atom. The van der Waals surface area contributed by atoms with Crippen molar-refractivity contribution in [2.24, 2.45) is 5.92 Å². The van der Waals surface area contributed by atoms with Crippen LogP contribution in [0.1, 0.15) is 22.5 Å². The van der Waals surface area contributed by atoms with Crippen molar-refractivity contribution in [3.8, 4) is 0 Å². The monoisotopic (exact) mass is 313 g/mol. The Morgan fingerprint density at radius 3 is 2.83 bits per heavy atom. The summed E-state index contributed by atoms with van der Waals surface area (Å²) in [5, 5.41) is 17.4. The number of aliphatic hydroxyl groups excluding tert-OH is 1. The van der Waals surface area contributed by atoms with Crippen molar-refractivity contribution in [3.05, 3.63) is 52.8 Å². The molecule has 1 fully saturated rings. The molecular formula is C18H23N3O2. The average Bonchev–Trinajstić information content (AvgIpc) is 3.08. The van der Waals surface area contributed by atoms with Crippen molar-refractivity contribution in [1.82, 2.24) is 15.1 Å². The third-order valence-corrected chi connectivity index (χ3v) is 4.59. The van der Waals surface area contributed by atoms with Crippen LogP contribution in [0.15, 0.2) is 30.3 Å². The van der Waals surface area contributed by atoms with E-state index in [1.165, 1.54) is 0 Å². The topological polar surface area (TPSA) is 69.2 Å². The number of nitrogens with zero attached hydrogens (tertiary/aromatic N) is 2. The second kappa shape index (κ2) is 6.54. The van der Waals surface area contributed by atoms with Crippen LogP contribution in [0, 0.1) is 19.8 Å². The number of aliphatic hydroxyl groups is 1. The molecule has 5 nitrogen and oxygen atoms in total. The quantitative estimate of drug-likeness (QED) is 0.901. The third kappa shape index (κ3) is 3.62. The lowest BCUT2D eigenvalue weighted by Crippen LogP contribution is -2.31. The van der Waals surface area contributed by atoms with E-state index in [2.05, 4.69) is 10.2 Å². The van der Waals surface area contributed by atoms with Gasteiger partial charge < -0.3 is 10.0 Å². The summed E-state index contributed by atoms with van der Waals surface area (Å²) in [4.78, 5) is 14.3. The predicted octanol–water partition coefficient (Wildman–Crippen LogP) is 1.63. The van der Waals surface area contributed by atoms with Crippen LogP contribution in [0.3, 0.4) is 0 Å². The number of hydrogen-bond donors (Lipinski definition) is 2. The first-order chi connectivity index (χ1) is 11.0. The molecule has 23 heavy (non-hydrogen) atoms. The van der Waals surface area contributed by atoms with E-state index in [4.69, 9.17) is 0 Å². The molecule has 1 aromatic heterocycles. The summed E-state index contributed by atoms with van der Waals surface area (Å²) in [6, 6.07) is 9.93. The van der Waals surface area contributed by atoms with Crippen molar-refractivity contribution < 1.29 is 9.90 Å². The molecule has 2 atom stereocenters. The fourth-order valence-electron chi connectivity index (χ4n) is 3.19. The van der Waals surface area contributed by atoms with E-state index in [1.54, 1.807) is 4.90 Å². The number of aromatic nitrogens is 2. The Labute approximate surface area is 136 Å². The summed E-state index contributed by atoms with van der Waals surface area (Å²) < 4.78 is 0. The Morgan fingerprint density at radius 2 is 2.13 bits per heavy atom. The van der Waals surface area contributed by atoms with Gasteiger partial charge in [0.2, 0.25) is 5.91 Å². The molecule has 2 N–H and O–H groups in total. The number of likely N-dealkylation sites (tertiary alicyclic amines) is 1. The van der Waals surface area contributed by atoms with Gasteiger partial charge in [-0.25, -0.2) is 0 Å². The molecule has 0 saturated carbocycles. The number of β-amino-alcohol motifs (C(OH)–C–C–N with tert-alkyl or cyclic N) is 1. The first kappa shape index (κ1) is 15.7. The SMILES string of the molecule is Cc1cc(C[C@@H]2CN(C(=O)Cc3ccccc3C)C[C@H]2O)n[nH]1. The molecule has 0 unspecified atom stereocenters. The summed E-state index contributed by atoms with van der Waals surface area (Å²) in [6.45, 7) is 4.99. The van der Waals surface area contributed by atoms with Gasteiger partial charge in [0.1, 0.15) is 0 Å². The number of hydrogen-bond acceptors (Lipinski definition) is 3. The summed E-state index contributed by atoms with van der Waals surface area (Å²) in [5.41, 5.74) is 4.14. The molecule has 122 valence electrons. The highest BCUT2D eigenvalue weighted by molar-refractivity contribution is 5.79. The van der Waals surface area contributed by atoms with E-state index in [0.29, 0.717) is 25.9 Å². The summed E-state index contributed by atoms with van der Waals surface area (Å²) >= 11 is 0. The number of carbonyl (C=O) groups is 1. The predicted molar refractivity (Wildman–Crippen MR) is 88.0 cm³/mol. The molecule has 3 rings (SSSR count). The van der Waals surface area contributed by atoms with E-state index in [9.17, 15) is 9.90 Å². The molecule has 0 spiro atoms. The molecule has 0 aliphatic carbocycles. The maximum atomic E-state index is 12.5. The molecule has 1 aromatic carbocycles. The van der Waals surface area contributed by atoms with Crippen molar-refractivity contribution in [2.75, 3.05) is 13.1 Å². The van der Waals surface area contributed by atoms with Crippen molar-refractivity contribution in [2.45, 2.75) is 32.8 Å². The van der Waals surface area contributed by atoms with Crippen LogP contribution in [-0.4, -0.2) is 45.3 Å². The highest BCUT2D eigenvalue weighted by Crippen LogP contribution is 2.22. The zero-order valence-electron chi connectivity index (χ0n) is 13.6. The van der Waals surface area contributed by atoms with Gasteiger partial charge in [0.05, 0.1) is 18.2 Å². The zero-order chi connectivity index (χ0) is 16.4. The minimum absolute atomic E-state index is 0.0542. The summed E-state index contributed by atoms with van der Waals surface area (Å²) in [6.07, 6.45) is 0.612. The van der Waals surface area contributed by atoms with Crippen molar-refractivity contribution in [1.29, 1.82) is 0 Å². The van der Waals surface area contributed by atoms with E-state index < -0.39 is 6.10 Å². The van der Waals surface area contributed by atoms with Crippen LogP contribution in [0.5, 0.6) is 0 Å². The van der Waals surface area contributed by atoms with Crippen LogP contribution in [-0.2, 0) is 17.6 Å². The second-order valence-corrected chi connectivity index (χ2v) is 6.48. The first-order valence-corrected chi connectivity index (χ1v) is 8.04. The minimum atomic E-state index is -0.479. The normalized spacial score (nSPS) is 20.9. The fraction of sp³-hybridized carbons (Fsp3) is 0.444. The minimum Gasteiger partial charge on any atom is -0.391 e. The van der Waals surface area contributed by atoms with E-state index in [1.807, 2.05) is 44.2 Å². The number of benzene rings is 1. The number of aromatic amines is 1. The molecule has 0 radical (unpaired) electrons. The average molecular weight is 313 g/mol. The fourth-order valence-corrected chi connectivity index (χ4v) is 3.19. The lowest BCUT2D eigenvalue weighted by atomic mass is 10.00. The maximum Gasteiger partial charge on any atom is 0.227 e. The van der Waals surface area contributed by atoms with Gasteiger partial charge in [-0.05, 0) is 37.5 Å². The summed E-state index contributed by atoms with van der Waals surface area (Å²) in [7, 11) is 0. The van der Waals surface area contributed by atoms with Crippen LogP contribution >= 0.6 is 0 Å². The zero-order valence-corrected chi connectivity index (χ0v) is 13.6. The van der Waals surface area contributed by atoms with Crippen LogP contribution in [0.4, 0.5) is 0 Å². The number of nitrogens with one attached hydrogen (secondary N) is 1. The molecule has 5 heteroatoms. The van der Waals surface area contributed by atoms with Gasteiger partial charge in [-0.15, -0.1) is 0 Å². The van der Waals surface area contributed by atoms with Gasteiger partial charge in [0, 0.05) is 24.7 Å². The van der Waals surface area contributed by atoms with Gasteiger partial charge >= 0.3 is 0 Å². The molecule has 1 aliphatic heterocycles. The maximum absolute atomic E-state index is 12.5. The molecule has 0 bridgehead atoms. The number of amides is 1. The van der Waals surface area contributed by atoms with Gasteiger partial charge in [0.15, 0.2) is 0 Å². The Hall–Kier alpha value is -2.14. The largest absolute Gasteiger partial charge is 0.391 e. The molecule has 1 aliphatic rings. The van der Waals surface area contributed by atoms with Crippen molar-refractivity contribution >= 4 is 5.91 Å². The first-order valence-electron chi connectivity index (χ1n) is 8.04. The second-order valence-electron chi connectivity index (χ2n) is 6.48. The van der Waals surface area contributed by atoms with Gasteiger partial charge in [-0.3, -0.25) is 9.89 Å². The van der Waals surface area contributed by atoms with Crippen LogP contribution in [0.2, 0.25) is 0 Å². The van der Waals surface area contributed by atoms with Crippen LogP contribution in [0.25, 0.3) is 0 Å². The standard InChI is InChI=1S/C18H23N3O2/c1-12-5-3-4-6-14(12)9-18(23)21-10-15(17(22)11-21)8-16-7-13(2)19-20-16/h3-7,15,17,22H,8-11H2,1-2H3,(H,19,20)/t15-,17-/m1/s1. The molecule has 2 aromatic rings. The summed E-state index contributed by atoms with van der Waals surface area (Å²) in [5.74, 6) is 0.137. The number of aryl methyl sites for hydroxylation is 2. The Kier molecular flexibility index (Phi) is 4.48. The van der Waals surface area contributed by atoms with E-state index in [0.717, 1.165) is 22.5 Å². The van der Waals surface area contributed by atoms with Gasteiger partial charge in [-0.2, -0.15) is 5.10 Å². The third-order valence-electron chi connectivity index (χ3n) is 4.59. The molecule has 1 saturated heterocycles. The number of rotatable bonds is 4. The smallest absolute Gasteiger partial charge is 0.227 e. The lowest BCUT2D eigenvalue weighted by molar-refractivity contribution is -0.129. The highest BCUT2D eigenvalue weighted by Gasteiger charge is 2.34. The number of H-pyrrole nitrogens is 1. The molecule has 1 amide bonds.